The zero-order valence-corrected chi connectivity index (χ0v) is 23.7. The smallest absolute Gasteiger partial charge is 0.401 e. The van der Waals surface area contributed by atoms with Crippen molar-refractivity contribution in [1.82, 2.24) is 19.6 Å². The molecule has 2 amide bonds. The van der Waals surface area contributed by atoms with E-state index in [0.717, 1.165) is 16.3 Å². The molecule has 0 aromatic carbocycles. The first-order chi connectivity index (χ1) is 16.9. The van der Waals surface area contributed by atoms with Gasteiger partial charge in [-0.25, -0.2) is 14.3 Å². The molecule has 3 aromatic rings. The summed E-state index contributed by atoms with van der Waals surface area (Å²) in [6, 6.07) is 2.05. The summed E-state index contributed by atoms with van der Waals surface area (Å²) in [6.45, 7) is 11.1. The molecule has 200 valence electrons. The van der Waals surface area contributed by atoms with E-state index in [1.807, 2.05) is 0 Å². The molecule has 0 saturated carbocycles. The summed E-state index contributed by atoms with van der Waals surface area (Å²) < 4.78 is 50.0. The highest BCUT2D eigenvalue weighted by molar-refractivity contribution is 6.74. The molecule has 1 aliphatic heterocycles. The van der Waals surface area contributed by atoms with E-state index in [4.69, 9.17) is 27.6 Å². The molecule has 4 heterocycles. The molecule has 14 heteroatoms. The molecule has 0 aliphatic carbocycles. The van der Waals surface area contributed by atoms with Gasteiger partial charge in [0.2, 0.25) is 0 Å². The molecule has 0 fully saturated rings. The maximum atomic E-state index is 14.3. The SMILES string of the molecule is CC1(C(F)(F)F)CN(C(=O)Nc2cnc(CO[Si](C)(C)C(C)(C)C)c(Cl)c2)c2cnc3cc(Cl)nn3c21. The predicted molar refractivity (Wildman–Crippen MR) is 139 cm³/mol. The summed E-state index contributed by atoms with van der Waals surface area (Å²) in [6.07, 6.45) is -2.07. The number of carbonyl (C=O) groups excluding carboxylic acids is 1. The van der Waals surface area contributed by atoms with Crippen LogP contribution in [0.25, 0.3) is 5.65 Å². The lowest BCUT2D eigenvalue weighted by Crippen LogP contribution is -2.46. The molecule has 0 radical (unpaired) electrons. The fourth-order valence-corrected chi connectivity index (χ4v) is 5.11. The first kappa shape index (κ1) is 27.6. The minimum absolute atomic E-state index is 0.00621. The number of carbonyl (C=O) groups is 1. The number of hydrogen-bond acceptors (Lipinski definition) is 5. The van der Waals surface area contributed by atoms with Gasteiger partial charge in [-0.15, -0.1) is 0 Å². The van der Waals surface area contributed by atoms with Crippen LogP contribution < -0.4 is 10.2 Å². The summed E-state index contributed by atoms with van der Waals surface area (Å²) in [5, 5.41) is 6.83. The van der Waals surface area contributed by atoms with Gasteiger partial charge in [0.05, 0.1) is 46.8 Å². The number of fused-ring (bicyclic) bond motifs is 3. The lowest BCUT2D eigenvalue weighted by molar-refractivity contribution is -0.181. The van der Waals surface area contributed by atoms with Crippen LogP contribution in [0.4, 0.5) is 29.3 Å². The highest BCUT2D eigenvalue weighted by Crippen LogP contribution is 2.50. The molecular formula is C23H27Cl2F3N6O2Si. The monoisotopic (exact) mass is 574 g/mol. The number of pyridine rings is 1. The van der Waals surface area contributed by atoms with Crippen molar-refractivity contribution in [3.63, 3.8) is 0 Å². The second-order valence-corrected chi connectivity index (χ2v) is 16.4. The quantitative estimate of drug-likeness (QED) is 0.345. The minimum atomic E-state index is -4.68. The van der Waals surface area contributed by atoms with E-state index in [2.05, 4.69) is 54.2 Å². The second-order valence-electron chi connectivity index (χ2n) is 10.8. The molecule has 1 unspecified atom stereocenters. The van der Waals surface area contributed by atoms with Gasteiger partial charge in [0.15, 0.2) is 19.1 Å². The molecule has 0 saturated heterocycles. The third kappa shape index (κ3) is 4.91. The number of nitrogens with one attached hydrogen (secondary N) is 1. The molecule has 3 aromatic heterocycles. The Hall–Kier alpha value is -2.41. The molecule has 4 rings (SSSR count). The summed E-state index contributed by atoms with van der Waals surface area (Å²) in [5.74, 6) is 0. The van der Waals surface area contributed by atoms with E-state index in [1.165, 1.54) is 24.5 Å². The Balaban J connectivity index is 1.59. The van der Waals surface area contributed by atoms with Crippen LogP contribution in [-0.2, 0) is 16.4 Å². The number of anilines is 2. The van der Waals surface area contributed by atoms with Crippen molar-refractivity contribution in [3.8, 4) is 0 Å². The first-order valence-electron chi connectivity index (χ1n) is 11.4. The van der Waals surface area contributed by atoms with Crippen molar-refractivity contribution in [2.45, 2.75) is 64.0 Å². The van der Waals surface area contributed by atoms with E-state index in [9.17, 15) is 18.0 Å². The minimum Gasteiger partial charge on any atom is -0.411 e. The third-order valence-electron chi connectivity index (χ3n) is 7.14. The van der Waals surface area contributed by atoms with Gasteiger partial charge in [-0.05, 0) is 31.1 Å². The van der Waals surface area contributed by atoms with Gasteiger partial charge in [0.1, 0.15) is 5.41 Å². The Morgan fingerprint density at radius 1 is 1.19 bits per heavy atom. The molecule has 1 N–H and O–H groups in total. The Morgan fingerprint density at radius 2 is 1.86 bits per heavy atom. The van der Waals surface area contributed by atoms with Gasteiger partial charge in [0.25, 0.3) is 0 Å². The number of alkyl halides is 3. The fourth-order valence-electron chi connectivity index (χ4n) is 3.79. The van der Waals surface area contributed by atoms with Crippen molar-refractivity contribution < 1.29 is 22.4 Å². The average Bonchev–Trinajstić information content (AvgIpc) is 3.29. The Morgan fingerprint density at radius 3 is 2.46 bits per heavy atom. The van der Waals surface area contributed by atoms with E-state index in [1.54, 1.807) is 0 Å². The van der Waals surface area contributed by atoms with Gasteiger partial charge in [-0.2, -0.15) is 18.3 Å². The lowest BCUT2D eigenvalue weighted by atomic mass is 9.88. The molecule has 8 nitrogen and oxygen atoms in total. The van der Waals surface area contributed by atoms with E-state index in [0.29, 0.717) is 5.69 Å². The van der Waals surface area contributed by atoms with Crippen molar-refractivity contribution in [2.24, 2.45) is 0 Å². The summed E-state index contributed by atoms with van der Waals surface area (Å²) in [7, 11) is -2.04. The standard InChI is InChI=1S/C23H27Cl2F3N6O2Si/c1-21(2,3)37(5,6)36-11-15-14(24)7-13(9-29-15)31-20(35)33-12-22(4,23(26,27)28)19-16(33)10-30-18-8-17(25)32-34(18)19/h7-10H,11-12H2,1-6H3,(H,31,35). The number of hydrogen-bond donors (Lipinski definition) is 1. The second kappa shape index (κ2) is 9.11. The van der Waals surface area contributed by atoms with Crippen LogP contribution >= 0.6 is 23.2 Å². The highest BCUT2D eigenvalue weighted by Gasteiger charge is 2.60. The fraction of sp³-hybridized carbons (Fsp3) is 0.478. The summed E-state index contributed by atoms with van der Waals surface area (Å²) in [4.78, 5) is 22.6. The summed E-state index contributed by atoms with van der Waals surface area (Å²) in [5.41, 5.74) is -1.78. The topological polar surface area (TPSA) is 84.7 Å². The van der Waals surface area contributed by atoms with Crippen molar-refractivity contribution in [2.75, 3.05) is 16.8 Å². The van der Waals surface area contributed by atoms with Crippen LogP contribution in [0, 0.1) is 0 Å². The molecule has 37 heavy (non-hydrogen) atoms. The molecule has 1 atom stereocenters. The predicted octanol–water partition coefficient (Wildman–Crippen LogP) is 6.83. The Labute approximate surface area is 223 Å². The van der Waals surface area contributed by atoms with Crippen molar-refractivity contribution in [1.29, 1.82) is 0 Å². The lowest BCUT2D eigenvalue weighted by Gasteiger charge is -2.36. The van der Waals surface area contributed by atoms with Crippen LogP contribution in [0.5, 0.6) is 0 Å². The zero-order chi connectivity index (χ0) is 27.6. The highest BCUT2D eigenvalue weighted by atomic mass is 35.5. The van der Waals surface area contributed by atoms with E-state index < -0.39 is 32.5 Å². The normalized spacial score (nSPS) is 18.4. The zero-order valence-electron chi connectivity index (χ0n) is 21.2. The molecular weight excluding hydrogens is 548 g/mol. The Kier molecular flexibility index (Phi) is 6.80. The largest absolute Gasteiger partial charge is 0.411 e. The number of nitrogens with zero attached hydrogens (tertiary/aromatic N) is 5. The molecule has 0 spiro atoms. The van der Waals surface area contributed by atoms with Gasteiger partial charge >= 0.3 is 12.2 Å². The number of urea groups is 1. The van der Waals surface area contributed by atoms with Crippen molar-refractivity contribution in [3.05, 3.63) is 46.1 Å². The van der Waals surface area contributed by atoms with Crippen molar-refractivity contribution >= 4 is 54.6 Å². The van der Waals surface area contributed by atoms with Crippen LogP contribution in [0.1, 0.15) is 39.1 Å². The average molecular weight is 575 g/mol. The summed E-state index contributed by atoms with van der Waals surface area (Å²) >= 11 is 12.3. The van der Waals surface area contributed by atoms with Gasteiger partial charge in [-0.3, -0.25) is 9.88 Å². The van der Waals surface area contributed by atoms with Gasteiger partial charge < -0.3 is 9.74 Å². The van der Waals surface area contributed by atoms with Gasteiger partial charge in [0, 0.05) is 12.6 Å². The van der Waals surface area contributed by atoms with E-state index in [-0.39, 0.29) is 44.5 Å². The number of halogens is 5. The Bertz CT molecular complexity index is 1370. The number of aromatic nitrogens is 4. The maximum Gasteiger partial charge on any atom is 0.401 e. The first-order valence-corrected chi connectivity index (χ1v) is 15.1. The number of rotatable bonds is 4. The molecule has 0 bridgehead atoms. The van der Waals surface area contributed by atoms with Crippen LogP contribution in [-0.4, -0.2) is 46.7 Å². The van der Waals surface area contributed by atoms with Gasteiger partial charge in [-0.1, -0.05) is 44.0 Å². The van der Waals surface area contributed by atoms with E-state index >= 15 is 0 Å². The van der Waals surface area contributed by atoms with Crippen LogP contribution in [0.15, 0.2) is 24.5 Å². The molecule has 1 aliphatic rings. The van der Waals surface area contributed by atoms with Crippen LogP contribution in [0.3, 0.4) is 0 Å². The van der Waals surface area contributed by atoms with Crippen LogP contribution in [0.2, 0.25) is 28.3 Å². The maximum absolute atomic E-state index is 14.3. The number of amides is 2. The third-order valence-corrected chi connectivity index (χ3v) is 12.1.